The predicted octanol–water partition coefficient (Wildman–Crippen LogP) is 1.51. The number of hydrogen-bond acceptors (Lipinski definition) is 4. The van der Waals surface area contributed by atoms with Crippen molar-refractivity contribution >= 4 is 15.9 Å². The standard InChI is InChI=1S/C18H30N2O4S/c1-2-3-9-25(22,23)20-11-15-14(10-19-17(21)13-5-4-6-13)16-7-8-18(15,12-20)24-16/h13-16H,2-12H2,1H3,(H,19,21)/t14-,15+,16+,18+/m0/s1. The number of carbonyl (C=O) groups is 1. The number of nitrogens with zero attached hydrogens (tertiary/aromatic N) is 1. The van der Waals surface area contributed by atoms with Crippen LogP contribution >= 0.6 is 0 Å². The van der Waals surface area contributed by atoms with Crippen LogP contribution in [0.2, 0.25) is 0 Å². The third-order valence-corrected chi connectivity index (χ3v) is 8.76. The number of unbranched alkanes of at least 4 members (excludes halogenated alkanes) is 1. The lowest BCUT2D eigenvalue weighted by atomic mass is 9.73. The SMILES string of the molecule is CCCCS(=O)(=O)N1C[C@@H]2[C@H](CNC(=O)C3CCC3)[C@H]3CC[C@]2(C1)O3. The molecule has 6 nitrogen and oxygen atoms in total. The summed E-state index contributed by atoms with van der Waals surface area (Å²) in [6.07, 6.45) is 6.90. The van der Waals surface area contributed by atoms with E-state index in [9.17, 15) is 13.2 Å². The van der Waals surface area contributed by atoms with Crippen LogP contribution in [0.3, 0.4) is 0 Å². The fraction of sp³-hybridized carbons (Fsp3) is 0.944. The van der Waals surface area contributed by atoms with Crippen LogP contribution in [0.1, 0.15) is 51.9 Å². The van der Waals surface area contributed by atoms with Gasteiger partial charge in [0.25, 0.3) is 0 Å². The molecule has 1 saturated carbocycles. The van der Waals surface area contributed by atoms with Gasteiger partial charge in [-0.15, -0.1) is 0 Å². The van der Waals surface area contributed by atoms with E-state index in [1.165, 1.54) is 0 Å². The second kappa shape index (κ2) is 6.50. The smallest absolute Gasteiger partial charge is 0.223 e. The number of nitrogens with one attached hydrogen (secondary N) is 1. The summed E-state index contributed by atoms with van der Waals surface area (Å²) in [4.78, 5) is 12.2. The normalized spacial score (nSPS) is 37.9. The molecule has 0 aromatic heterocycles. The molecule has 142 valence electrons. The van der Waals surface area contributed by atoms with Crippen LogP contribution in [0.4, 0.5) is 0 Å². The molecule has 3 heterocycles. The highest BCUT2D eigenvalue weighted by atomic mass is 32.2. The molecule has 4 aliphatic rings. The van der Waals surface area contributed by atoms with Crippen molar-refractivity contribution in [2.45, 2.75) is 63.6 Å². The first kappa shape index (κ1) is 17.7. The van der Waals surface area contributed by atoms with Gasteiger partial charge in [0.1, 0.15) is 0 Å². The van der Waals surface area contributed by atoms with E-state index in [1.54, 1.807) is 4.31 Å². The van der Waals surface area contributed by atoms with E-state index >= 15 is 0 Å². The highest BCUT2D eigenvalue weighted by molar-refractivity contribution is 7.89. The number of carbonyl (C=O) groups excluding carboxylic acids is 1. The van der Waals surface area contributed by atoms with Crippen molar-refractivity contribution < 1.29 is 17.9 Å². The van der Waals surface area contributed by atoms with Gasteiger partial charge in [-0.3, -0.25) is 4.79 Å². The first-order valence-corrected chi connectivity index (χ1v) is 11.5. The third-order valence-electron chi connectivity index (χ3n) is 6.89. The Morgan fingerprint density at radius 3 is 2.80 bits per heavy atom. The minimum atomic E-state index is -3.19. The van der Waals surface area contributed by atoms with Crippen LogP contribution in [0.15, 0.2) is 0 Å². The fourth-order valence-electron chi connectivity index (χ4n) is 5.12. The minimum absolute atomic E-state index is 0.175. The summed E-state index contributed by atoms with van der Waals surface area (Å²) < 4.78 is 33.2. The molecule has 4 rings (SSSR count). The number of amides is 1. The van der Waals surface area contributed by atoms with E-state index in [0.717, 1.165) is 38.5 Å². The zero-order chi connectivity index (χ0) is 17.7. The van der Waals surface area contributed by atoms with E-state index in [1.807, 2.05) is 6.92 Å². The molecule has 0 radical (unpaired) electrons. The molecule has 2 bridgehead atoms. The number of rotatable bonds is 7. The lowest BCUT2D eigenvalue weighted by Crippen LogP contribution is -2.44. The average Bonchev–Trinajstić information content (AvgIpc) is 3.17. The van der Waals surface area contributed by atoms with E-state index in [2.05, 4.69) is 5.32 Å². The van der Waals surface area contributed by atoms with E-state index in [4.69, 9.17) is 4.74 Å². The average molecular weight is 371 g/mol. The number of hydrogen-bond donors (Lipinski definition) is 1. The zero-order valence-electron chi connectivity index (χ0n) is 15.1. The lowest BCUT2D eigenvalue weighted by molar-refractivity contribution is -0.127. The lowest BCUT2D eigenvalue weighted by Gasteiger charge is -2.31. The van der Waals surface area contributed by atoms with Crippen molar-refractivity contribution in [1.29, 1.82) is 0 Å². The molecule has 7 heteroatoms. The Labute approximate surface area is 150 Å². The van der Waals surface area contributed by atoms with Gasteiger partial charge in [0, 0.05) is 37.4 Å². The van der Waals surface area contributed by atoms with Crippen molar-refractivity contribution in [2.24, 2.45) is 17.8 Å². The second-order valence-corrected chi connectivity index (χ2v) is 10.5. The zero-order valence-corrected chi connectivity index (χ0v) is 15.9. The quantitative estimate of drug-likeness (QED) is 0.737. The Hall–Kier alpha value is -0.660. The van der Waals surface area contributed by atoms with Gasteiger partial charge < -0.3 is 10.1 Å². The fourth-order valence-corrected chi connectivity index (χ4v) is 6.84. The Balaban J connectivity index is 1.41. The Bertz CT molecular complexity index is 633. The van der Waals surface area contributed by atoms with Crippen LogP contribution < -0.4 is 5.32 Å². The first-order chi connectivity index (χ1) is 12.0. The van der Waals surface area contributed by atoms with E-state index in [-0.39, 0.29) is 41.1 Å². The molecule has 3 aliphatic heterocycles. The van der Waals surface area contributed by atoms with Gasteiger partial charge in [-0.1, -0.05) is 19.8 Å². The second-order valence-electron chi connectivity index (χ2n) is 8.37. The molecule has 3 saturated heterocycles. The van der Waals surface area contributed by atoms with Gasteiger partial charge in [0.15, 0.2) is 0 Å². The van der Waals surface area contributed by atoms with E-state index < -0.39 is 10.0 Å². The summed E-state index contributed by atoms with van der Waals surface area (Å²) in [5.74, 6) is 1.09. The van der Waals surface area contributed by atoms with Gasteiger partial charge in [0.05, 0.1) is 17.5 Å². The van der Waals surface area contributed by atoms with Crippen molar-refractivity contribution in [3.63, 3.8) is 0 Å². The maximum atomic E-state index is 12.6. The number of ether oxygens (including phenoxy) is 1. The Morgan fingerprint density at radius 2 is 2.12 bits per heavy atom. The van der Waals surface area contributed by atoms with Gasteiger partial charge in [0.2, 0.25) is 15.9 Å². The molecule has 1 amide bonds. The van der Waals surface area contributed by atoms with Crippen molar-refractivity contribution in [2.75, 3.05) is 25.4 Å². The summed E-state index contributed by atoms with van der Waals surface area (Å²) >= 11 is 0. The molecule has 4 atom stereocenters. The minimum Gasteiger partial charge on any atom is -0.370 e. The van der Waals surface area contributed by atoms with Crippen LogP contribution in [0.25, 0.3) is 0 Å². The summed E-state index contributed by atoms with van der Waals surface area (Å²) in [6.45, 7) is 3.72. The van der Waals surface area contributed by atoms with Crippen LogP contribution in [0, 0.1) is 17.8 Å². The van der Waals surface area contributed by atoms with Gasteiger partial charge >= 0.3 is 0 Å². The Morgan fingerprint density at radius 1 is 1.32 bits per heavy atom. The largest absolute Gasteiger partial charge is 0.370 e. The molecular weight excluding hydrogens is 340 g/mol. The number of fused-ring (bicyclic) bond motifs is 1. The van der Waals surface area contributed by atoms with E-state index in [0.29, 0.717) is 26.1 Å². The van der Waals surface area contributed by atoms with Gasteiger partial charge in [-0.25, -0.2) is 8.42 Å². The summed E-state index contributed by atoms with van der Waals surface area (Å²) in [6, 6.07) is 0. The van der Waals surface area contributed by atoms with Crippen molar-refractivity contribution in [3.8, 4) is 0 Å². The van der Waals surface area contributed by atoms with Crippen LogP contribution in [-0.2, 0) is 19.6 Å². The molecule has 0 aromatic carbocycles. The predicted molar refractivity (Wildman–Crippen MR) is 94.4 cm³/mol. The van der Waals surface area contributed by atoms with Crippen molar-refractivity contribution in [1.82, 2.24) is 9.62 Å². The summed E-state index contributed by atoms with van der Waals surface area (Å²) in [7, 11) is -3.19. The molecule has 1 spiro atoms. The number of sulfonamides is 1. The molecular formula is C18H30N2O4S. The van der Waals surface area contributed by atoms with Gasteiger partial charge in [-0.2, -0.15) is 4.31 Å². The highest BCUT2D eigenvalue weighted by Gasteiger charge is 2.64. The topological polar surface area (TPSA) is 75.7 Å². The molecule has 25 heavy (non-hydrogen) atoms. The molecule has 4 fully saturated rings. The Kier molecular flexibility index (Phi) is 4.61. The third kappa shape index (κ3) is 3.02. The van der Waals surface area contributed by atoms with Gasteiger partial charge in [-0.05, 0) is 32.1 Å². The molecule has 0 unspecified atom stereocenters. The monoisotopic (exact) mass is 370 g/mol. The maximum Gasteiger partial charge on any atom is 0.223 e. The maximum absolute atomic E-state index is 12.6. The summed E-state index contributed by atoms with van der Waals surface area (Å²) in [5.41, 5.74) is -0.296. The molecule has 1 N–H and O–H groups in total. The van der Waals surface area contributed by atoms with Crippen LogP contribution in [-0.4, -0.2) is 55.7 Å². The van der Waals surface area contributed by atoms with Crippen LogP contribution in [0.5, 0.6) is 0 Å². The summed E-state index contributed by atoms with van der Waals surface area (Å²) in [5, 5.41) is 3.12. The molecule has 0 aromatic rings. The highest BCUT2D eigenvalue weighted by Crippen LogP contribution is 2.55. The first-order valence-electron chi connectivity index (χ1n) is 9.88. The van der Waals surface area contributed by atoms with Crippen molar-refractivity contribution in [3.05, 3.63) is 0 Å². The molecule has 1 aliphatic carbocycles.